The Balaban J connectivity index is 1.80. The number of rotatable bonds is 27. The molecular formula is C37H69NO13. The van der Waals surface area contributed by atoms with Gasteiger partial charge in [-0.25, -0.2) is 0 Å². The van der Waals surface area contributed by atoms with Crippen LogP contribution in [-0.2, 0) is 23.7 Å². The number of unbranched alkanes of at least 4 members (excludes halogenated alkanes) is 14. The van der Waals surface area contributed by atoms with Crippen LogP contribution in [0.1, 0.15) is 123 Å². The standard InChI is InChI=1S/C37H69NO13/c1-3-5-6-7-8-9-10-11-12-13-14-15-16-17-18-19-21-26(41)25(38-29(42)20-4-2)24-48-36-34(47)32(45)35(28(23-40)50-36)51-37-33(46)31(44)30(43)27(22-39)49-37/h19,21,25-28,30-37,39-41,43-47H,3-18,20,22-24H2,1-2H3,(H,38,42)/b21-19+. The Morgan fingerprint density at radius 3 is 1.76 bits per heavy atom. The highest BCUT2D eigenvalue weighted by Gasteiger charge is 2.50. The molecule has 0 aromatic carbocycles. The number of hydrogen-bond donors (Lipinski definition) is 9. The van der Waals surface area contributed by atoms with Gasteiger partial charge < -0.3 is 65.1 Å². The van der Waals surface area contributed by atoms with Crippen molar-refractivity contribution in [1.29, 1.82) is 0 Å². The number of ether oxygens (including phenoxy) is 4. The molecule has 2 aliphatic rings. The number of allylic oxidation sites excluding steroid dienone is 1. The number of aliphatic hydroxyl groups is 8. The van der Waals surface area contributed by atoms with Gasteiger partial charge in [-0.05, 0) is 19.3 Å². The van der Waals surface area contributed by atoms with Crippen LogP contribution in [0.4, 0.5) is 0 Å². The summed E-state index contributed by atoms with van der Waals surface area (Å²) in [7, 11) is 0. The van der Waals surface area contributed by atoms with Gasteiger partial charge in [0.1, 0.15) is 48.8 Å². The van der Waals surface area contributed by atoms with Crippen molar-refractivity contribution in [3.63, 3.8) is 0 Å². The summed E-state index contributed by atoms with van der Waals surface area (Å²) in [5.41, 5.74) is 0. The molecule has 9 N–H and O–H groups in total. The van der Waals surface area contributed by atoms with E-state index in [0.717, 1.165) is 19.3 Å². The molecule has 2 heterocycles. The highest BCUT2D eigenvalue weighted by atomic mass is 16.7. The van der Waals surface area contributed by atoms with Crippen LogP contribution in [0.3, 0.4) is 0 Å². The summed E-state index contributed by atoms with van der Waals surface area (Å²) in [6, 6.07) is -0.903. The Bertz CT molecular complexity index is 925. The predicted molar refractivity (Wildman–Crippen MR) is 189 cm³/mol. The average molecular weight is 736 g/mol. The van der Waals surface area contributed by atoms with E-state index < -0.39 is 86.8 Å². The van der Waals surface area contributed by atoms with Crippen molar-refractivity contribution in [1.82, 2.24) is 5.32 Å². The average Bonchev–Trinajstić information content (AvgIpc) is 3.12. The zero-order valence-electron chi connectivity index (χ0n) is 30.8. The van der Waals surface area contributed by atoms with Gasteiger partial charge in [-0.2, -0.15) is 0 Å². The zero-order valence-corrected chi connectivity index (χ0v) is 30.8. The molecule has 0 saturated carbocycles. The van der Waals surface area contributed by atoms with Crippen molar-refractivity contribution in [2.75, 3.05) is 19.8 Å². The number of amides is 1. The van der Waals surface area contributed by atoms with Crippen LogP contribution in [-0.4, -0.2) is 140 Å². The third kappa shape index (κ3) is 16.3. The molecule has 0 aromatic heterocycles. The molecule has 300 valence electrons. The second-order valence-corrected chi connectivity index (χ2v) is 14.1. The van der Waals surface area contributed by atoms with E-state index in [9.17, 15) is 45.6 Å². The van der Waals surface area contributed by atoms with Gasteiger partial charge in [0.25, 0.3) is 0 Å². The van der Waals surface area contributed by atoms with E-state index in [4.69, 9.17) is 18.9 Å². The summed E-state index contributed by atoms with van der Waals surface area (Å²) < 4.78 is 22.3. The van der Waals surface area contributed by atoms with Gasteiger partial charge in [0.15, 0.2) is 12.6 Å². The Morgan fingerprint density at radius 1 is 0.686 bits per heavy atom. The SMILES string of the molecule is CCCCCCCCCCCCCCCC/C=C/C(O)C(COC1OC(CO)C(OC2OC(CO)C(O)C(O)C2O)C(O)C1O)NC(=O)CCC. The van der Waals surface area contributed by atoms with Crippen molar-refractivity contribution in [2.45, 2.75) is 197 Å². The maximum Gasteiger partial charge on any atom is 0.220 e. The fourth-order valence-corrected chi connectivity index (χ4v) is 6.45. The lowest BCUT2D eigenvalue weighted by Crippen LogP contribution is -2.65. The predicted octanol–water partition coefficient (Wildman–Crippen LogP) is 1.70. The molecule has 2 aliphatic heterocycles. The first kappa shape index (κ1) is 45.9. The maximum atomic E-state index is 12.4. The molecule has 0 radical (unpaired) electrons. The highest BCUT2D eigenvalue weighted by molar-refractivity contribution is 5.76. The Morgan fingerprint density at radius 2 is 1.22 bits per heavy atom. The van der Waals surface area contributed by atoms with Crippen LogP contribution in [0.15, 0.2) is 12.2 Å². The molecular weight excluding hydrogens is 666 g/mol. The van der Waals surface area contributed by atoms with E-state index in [1.807, 2.05) is 13.0 Å². The first-order valence-corrected chi connectivity index (χ1v) is 19.4. The Kier molecular flexibility index (Phi) is 23.8. The van der Waals surface area contributed by atoms with Crippen LogP contribution in [0.25, 0.3) is 0 Å². The lowest BCUT2D eigenvalue weighted by molar-refractivity contribution is -0.359. The van der Waals surface area contributed by atoms with Crippen LogP contribution in [0, 0.1) is 0 Å². The van der Waals surface area contributed by atoms with Crippen molar-refractivity contribution < 1.29 is 64.6 Å². The third-order valence-electron chi connectivity index (χ3n) is 9.69. The fourth-order valence-electron chi connectivity index (χ4n) is 6.45. The van der Waals surface area contributed by atoms with Gasteiger partial charge in [0.2, 0.25) is 5.91 Å². The molecule has 0 aromatic rings. The molecule has 0 bridgehead atoms. The molecule has 51 heavy (non-hydrogen) atoms. The summed E-state index contributed by atoms with van der Waals surface area (Å²) in [6.45, 7) is 2.38. The summed E-state index contributed by atoms with van der Waals surface area (Å²) in [4.78, 5) is 12.4. The number of hydrogen-bond acceptors (Lipinski definition) is 13. The van der Waals surface area contributed by atoms with Gasteiger partial charge >= 0.3 is 0 Å². The molecule has 2 saturated heterocycles. The van der Waals surface area contributed by atoms with E-state index in [1.165, 1.54) is 77.0 Å². The zero-order chi connectivity index (χ0) is 37.6. The molecule has 14 nitrogen and oxygen atoms in total. The van der Waals surface area contributed by atoms with E-state index in [0.29, 0.717) is 6.42 Å². The molecule has 0 spiro atoms. The number of aliphatic hydroxyl groups excluding tert-OH is 8. The topological polar surface area (TPSA) is 228 Å². The Labute approximate surface area is 304 Å². The van der Waals surface area contributed by atoms with Crippen LogP contribution in [0.5, 0.6) is 0 Å². The molecule has 12 atom stereocenters. The van der Waals surface area contributed by atoms with Crippen LogP contribution in [0.2, 0.25) is 0 Å². The second-order valence-electron chi connectivity index (χ2n) is 14.1. The van der Waals surface area contributed by atoms with Gasteiger partial charge in [0, 0.05) is 6.42 Å². The first-order chi connectivity index (χ1) is 24.6. The van der Waals surface area contributed by atoms with Crippen molar-refractivity contribution in [3.8, 4) is 0 Å². The highest BCUT2D eigenvalue weighted by Crippen LogP contribution is 2.29. The minimum Gasteiger partial charge on any atom is -0.394 e. The molecule has 12 unspecified atom stereocenters. The van der Waals surface area contributed by atoms with Gasteiger partial charge in [-0.3, -0.25) is 4.79 Å². The molecule has 14 heteroatoms. The summed E-state index contributed by atoms with van der Waals surface area (Å²) in [6.07, 6.45) is 5.98. The minimum atomic E-state index is -1.78. The minimum absolute atomic E-state index is 0.233. The maximum absolute atomic E-state index is 12.4. The smallest absolute Gasteiger partial charge is 0.220 e. The number of carbonyl (C=O) groups excluding carboxylic acids is 1. The summed E-state index contributed by atoms with van der Waals surface area (Å²) in [5, 5.41) is 85.3. The summed E-state index contributed by atoms with van der Waals surface area (Å²) in [5.74, 6) is -0.295. The normalized spacial score (nSPS) is 31.2. The van der Waals surface area contributed by atoms with Gasteiger partial charge in [-0.1, -0.05) is 109 Å². The molecule has 0 aliphatic carbocycles. The molecule has 2 rings (SSSR count). The Hall–Kier alpha value is -1.27. The largest absolute Gasteiger partial charge is 0.394 e. The lowest BCUT2D eigenvalue weighted by atomic mass is 9.97. The monoisotopic (exact) mass is 735 g/mol. The van der Waals surface area contributed by atoms with Crippen molar-refractivity contribution in [3.05, 3.63) is 12.2 Å². The van der Waals surface area contributed by atoms with Crippen LogP contribution >= 0.6 is 0 Å². The third-order valence-corrected chi connectivity index (χ3v) is 9.69. The number of nitrogens with one attached hydrogen (secondary N) is 1. The molecule has 2 fully saturated rings. The fraction of sp³-hybridized carbons (Fsp3) is 0.919. The molecule has 1 amide bonds. The summed E-state index contributed by atoms with van der Waals surface area (Å²) >= 11 is 0. The van der Waals surface area contributed by atoms with Crippen molar-refractivity contribution in [2.24, 2.45) is 0 Å². The van der Waals surface area contributed by atoms with E-state index in [2.05, 4.69) is 12.2 Å². The first-order valence-electron chi connectivity index (χ1n) is 19.4. The van der Waals surface area contributed by atoms with E-state index in [1.54, 1.807) is 6.08 Å². The van der Waals surface area contributed by atoms with E-state index >= 15 is 0 Å². The van der Waals surface area contributed by atoms with E-state index in [-0.39, 0.29) is 18.9 Å². The van der Waals surface area contributed by atoms with Crippen molar-refractivity contribution >= 4 is 5.91 Å². The number of carbonyl (C=O) groups is 1. The van der Waals surface area contributed by atoms with Gasteiger partial charge in [-0.15, -0.1) is 0 Å². The quantitative estimate of drug-likeness (QED) is 0.0433. The van der Waals surface area contributed by atoms with Crippen LogP contribution < -0.4 is 5.32 Å². The lowest BCUT2D eigenvalue weighted by Gasteiger charge is -2.46. The second kappa shape index (κ2) is 26.5. The van der Waals surface area contributed by atoms with Gasteiger partial charge in [0.05, 0.1) is 32.0 Å².